The van der Waals surface area contributed by atoms with Crippen LogP contribution in [0.4, 0.5) is 0 Å². The van der Waals surface area contributed by atoms with Crippen LogP contribution in [0.25, 0.3) is 0 Å². The van der Waals surface area contributed by atoms with Gasteiger partial charge < -0.3 is 20.1 Å². The molecule has 0 aliphatic carbocycles. The van der Waals surface area contributed by atoms with Crippen molar-refractivity contribution in [2.75, 3.05) is 40.9 Å². The maximum atomic E-state index is 5.50. The van der Waals surface area contributed by atoms with E-state index in [9.17, 15) is 0 Å². The smallest absolute Gasteiger partial charge is 0.191 e. The lowest BCUT2D eigenvalue weighted by Crippen LogP contribution is -2.44. The zero-order valence-corrected chi connectivity index (χ0v) is 17.2. The van der Waals surface area contributed by atoms with Gasteiger partial charge in [-0.15, -0.1) is 6.58 Å². The van der Waals surface area contributed by atoms with Crippen LogP contribution in [-0.4, -0.2) is 57.8 Å². The van der Waals surface area contributed by atoms with Gasteiger partial charge in [0.25, 0.3) is 0 Å². The van der Waals surface area contributed by atoms with Crippen LogP contribution in [0.5, 0.6) is 11.5 Å². The van der Waals surface area contributed by atoms with E-state index in [0.717, 1.165) is 48.1 Å². The maximum absolute atomic E-state index is 5.50. The third-order valence-electron chi connectivity index (χ3n) is 5.07. The minimum absolute atomic E-state index is 0.592. The van der Waals surface area contributed by atoms with Gasteiger partial charge in [0.05, 0.1) is 14.2 Å². The van der Waals surface area contributed by atoms with Crippen molar-refractivity contribution in [3.63, 3.8) is 0 Å². The van der Waals surface area contributed by atoms with E-state index in [-0.39, 0.29) is 0 Å². The molecule has 1 heterocycles. The average molecular weight is 375 g/mol. The molecule has 150 valence electrons. The van der Waals surface area contributed by atoms with E-state index in [1.807, 2.05) is 12.1 Å². The Morgan fingerprint density at radius 2 is 2.15 bits per heavy atom. The Bertz CT molecular complexity index is 645. The van der Waals surface area contributed by atoms with Crippen molar-refractivity contribution in [2.45, 2.75) is 38.8 Å². The molecule has 0 spiro atoms. The molecule has 2 N–H and O–H groups in total. The SMILES string of the molecule is C=CCc1cc(CNC(=NC)NCC2CCCN2CC)cc(OC)c1OC. The number of nitrogens with zero attached hydrogens (tertiary/aromatic N) is 2. The minimum Gasteiger partial charge on any atom is -0.493 e. The Morgan fingerprint density at radius 1 is 1.33 bits per heavy atom. The fourth-order valence-electron chi connectivity index (χ4n) is 3.68. The summed E-state index contributed by atoms with van der Waals surface area (Å²) in [5.41, 5.74) is 2.18. The van der Waals surface area contributed by atoms with E-state index < -0.39 is 0 Å². The molecule has 0 aromatic heterocycles. The number of aliphatic imine (C=N–C) groups is 1. The highest BCUT2D eigenvalue weighted by molar-refractivity contribution is 5.79. The predicted octanol–water partition coefficient (Wildman–Crippen LogP) is 2.58. The Balaban J connectivity index is 1.99. The van der Waals surface area contributed by atoms with Gasteiger partial charge in [-0.3, -0.25) is 9.89 Å². The molecule has 1 unspecified atom stereocenters. The van der Waals surface area contributed by atoms with Crippen molar-refractivity contribution in [1.29, 1.82) is 0 Å². The predicted molar refractivity (Wildman–Crippen MR) is 112 cm³/mol. The minimum atomic E-state index is 0.592. The van der Waals surface area contributed by atoms with Crippen LogP contribution in [0.2, 0.25) is 0 Å². The topological polar surface area (TPSA) is 58.1 Å². The molecule has 1 aromatic rings. The lowest BCUT2D eigenvalue weighted by atomic mass is 10.1. The summed E-state index contributed by atoms with van der Waals surface area (Å²) < 4.78 is 11.0. The zero-order chi connectivity index (χ0) is 19.6. The molecule has 1 saturated heterocycles. The third-order valence-corrected chi connectivity index (χ3v) is 5.07. The first-order valence-corrected chi connectivity index (χ1v) is 9.70. The molecule has 2 rings (SSSR count). The molecule has 0 amide bonds. The summed E-state index contributed by atoms with van der Waals surface area (Å²) in [7, 11) is 5.13. The van der Waals surface area contributed by atoms with Gasteiger partial charge in [-0.1, -0.05) is 13.0 Å². The summed E-state index contributed by atoms with van der Waals surface area (Å²) in [6.07, 6.45) is 5.13. The number of rotatable bonds is 9. The van der Waals surface area contributed by atoms with Gasteiger partial charge in [-0.2, -0.15) is 0 Å². The summed E-state index contributed by atoms with van der Waals surface area (Å²) in [6, 6.07) is 4.72. The highest BCUT2D eigenvalue weighted by atomic mass is 16.5. The standard InChI is InChI=1S/C21H34N4O2/c1-6-9-17-12-16(13-19(26-4)20(17)27-5)14-23-21(22-3)24-15-18-10-8-11-25(18)7-2/h6,12-13,18H,1,7-11,14-15H2,2-5H3,(H2,22,23,24). The van der Waals surface area contributed by atoms with Gasteiger partial charge in [0.2, 0.25) is 0 Å². The van der Waals surface area contributed by atoms with E-state index in [1.165, 1.54) is 19.4 Å². The molecule has 1 aliphatic heterocycles. The Kier molecular flexibility index (Phi) is 8.45. The largest absolute Gasteiger partial charge is 0.493 e. The second kappa shape index (κ2) is 10.8. The highest BCUT2D eigenvalue weighted by Gasteiger charge is 2.22. The van der Waals surface area contributed by atoms with E-state index in [4.69, 9.17) is 9.47 Å². The fraction of sp³-hybridized carbons (Fsp3) is 0.571. The summed E-state index contributed by atoms with van der Waals surface area (Å²) in [4.78, 5) is 6.88. The summed E-state index contributed by atoms with van der Waals surface area (Å²) >= 11 is 0. The second-order valence-corrected chi connectivity index (χ2v) is 6.71. The van der Waals surface area contributed by atoms with Gasteiger partial charge in [-0.25, -0.2) is 0 Å². The summed E-state index contributed by atoms with van der Waals surface area (Å²) in [5.74, 6) is 2.32. The number of methoxy groups -OCH3 is 2. The van der Waals surface area contributed by atoms with Crippen molar-refractivity contribution in [3.05, 3.63) is 35.9 Å². The number of allylic oxidation sites excluding steroid dienone is 1. The molecule has 6 nitrogen and oxygen atoms in total. The molecule has 0 radical (unpaired) electrons. The molecule has 1 aliphatic rings. The number of likely N-dealkylation sites (N-methyl/N-ethyl adjacent to an activating group) is 1. The molecule has 1 fully saturated rings. The van der Waals surface area contributed by atoms with Crippen LogP contribution < -0.4 is 20.1 Å². The van der Waals surface area contributed by atoms with Crippen LogP contribution in [-0.2, 0) is 13.0 Å². The van der Waals surface area contributed by atoms with Gasteiger partial charge >= 0.3 is 0 Å². The Morgan fingerprint density at radius 3 is 2.78 bits per heavy atom. The van der Waals surface area contributed by atoms with Gasteiger partial charge in [-0.05, 0) is 50.0 Å². The first-order valence-electron chi connectivity index (χ1n) is 9.70. The van der Waals surface area contributed by atoms with Crippen LogP contribution >= 0.6 is 0 Å². The molecule has 0 saturated carbocycles. The molecular weight excluding hydrogens is 340 g/mol. The second-order valence-electron chi connectivity index (χ2n) is 6.71. The molecule has 27 heavy (non-hydrogen) atoms. The van der Waals surface area contributed by atoms with Crippen LogP contribution in [0.1, 0.15) is 30.9 Å². The number of benzene rings is 1. The molecular formula is C21H34N4O2. The number of guanidine groups is 1. The molecule has 6 heteroatoms. The van der Waals surface area contributed by atoms with E-state index in [2.05, 4.69) is 40.1 Å². The van der Waals surface area contributed by atoms with Crippen LogP contribution in [0.3, 0.4) is 0 Å². The number of hydrogen-bond donors (Lipinski definition) is 2. The lowest BCUT2D eigenvalue weighted by molar-refractivity contribution is 0.267. The summed E-state index contributed by atoms with van der Waals surface area (Å²) in [6.45, 7) is 9.94. The lowest BCUT2D eigenvalue weighted by Gasteiger charge is -2.24. The maximum Gasteiger partial charge on any atom is 0.191 e. The number of ether oxygens (including phenoxy) is 2. The normalized spacial score (nSPS) is 17.6. The van der Waals surface area contributed by atoms with E-state index in [0.29, 0.717) is 12.6 Å². The summed E-state index contributed by atoms with van der Waals surface area (Å²) in [5, 5.41) is 6.86. The fourth-order valence-corrected chi connectivity index (χ4v) is 3.68. The van der Waals surface area contributed by atoms with E-state index in [1.54, 1.807) is 21.3 Å². The highest BCUT2D eigenvalue weighted by Crippen LogP contribution is 2.33. The van der Waals surface area contributed by atoms with Crippen molar-refractivity contribution in [2.24, 2.45) is 4.99 Å². The third kappa shape index (κ3) is 5.63. The van der Waals surface area contributed by atoms with Crippen LogP contribution in [0.15, 0.2) is 29.8 Å². The van der Waals surface area contributed by atoms with Crippen molar-refractivity contribution >= 4 is 5.96 Å². The van der Waals surface area contributed by atoms with E-state index >= 15 is 0 Å². The van der Waals surface area contributed by atoms with Crippen molar-refractivity contribution in [3.8, 4) is 11.5 Å². The first-order chi connectivity index (χ1) is 13.2. The quantitative estimate of drug-likeness (QED) is 0.395. The van der Waals surface area contributed by atoms with Crippen molar-refractivity contribution < 1.29 is 9.47 Å². The van der Waals surface area contributed by atoms with Crippen LogP contribution in [0, 0.1) is 0 Å². The molecule has 1 aromatic carbocycles. The first kappa shape index (κ1) is 21.1. The number of hydrogen-bond acceptors (Lipinski definition) is 4. The zero-order valence-electron chi connectivity index (χ0n) is 17.2. The Labute approximate surface area is 163 Å². The van der Waals surface area contributed by atoms with Gasteiger partial charge in [0, 0.05) is 31.7 Å². The van der Waals surface area contributed by atoms with Gasteiger partial charge in [0.15, 0.2) is 17.5 Å². The van der Waals surface area contributed by atoms with Crippen molar-refractivity contribution in [1.82, 2.24) is 15.5 Å². The van der Waals surface area contributed by atoms with Gasteiger partial charge in [0.1, 0.15) is 0 Å². The number of nitrogens with one attached hydrogen (secondary N) is 2. The monoisotopic (exact) mass is 374 g/mol. The molecule has 1 atom stereocenters. The average Bonchev–Trinajstić information content (AvgIpc) is 3.15. The Hall–Kier alpha value is -2.21. The number of likely N-dealkylation sites (tertiary alicyclic amines) is 1. The molecule has 0 bridgehead atoms.